The number of ether oxygens (including phenoxy) is 3. The van der Waals surface area contributed by atoms with Gasteiger partial charge in [0.15, 0.2) is 5.60 Å². The van der Waals surface area contributed by atoms with Gasteiger partial charge in [-0.2, -0.15) is 0 Å². The monoisotopic (exact) mass is 467 g/mol. The van der Waals surface area contributed by atoms with Crippen molar-refractivity contribution in [2.75, 3.05) is 6.61 Å². The number of esters is 3. The Morgan fingerprint density at radius 2 is 1.53 bits per heavy atom. The maximum Gasteiger partial charge on any atom is 0.337 e. The number of carboxylic acids is 1. The number of hydrogen-bond acceptors (Lipinski definition) is 8. The summed E-state index contributed by atoms with van der Waals surface area (Å²) in [6.07, 6.45) is 1.94. The first-order chi connectivity index (χ1) is 16.3. The fourth-order valence-corrected chi connectivity index (χ4v) is 3.07. The normalized spacial score (nSPS) is 11.9. The second-order valence-electron chi connectivity index (χ2n) is 7.03. The summed E-state index contributed by atoms with van der Waals surface area (Å²) in [5, 5.41) is 11.1. The van der Waals surface area contributed by atoms with Crippen LogP contribution in [0.2, 0.25) is 0 Å². The molecule has 0 radical (unpaired) electrons. The van der Waals surface area contributed by atoms with Gasteiger partial charge in [-0.25, -0.2) is 4.79 Å². The topological polar surface area (TPSA) is 129 Å². The van der Waals surface area contributed by atoms with E-state index in [9.17, 15) is 24.3 Å². The van der Waals surface area contributed by atoms with Crippen molar-refractivity contribution in [2.24, 2.45) is 0 Å². The molecule has 3 rings (SSSR count). The summed E-state index contributed by atoms with van der Waals surface area (Å²) in [5.41, 5.74) is -2.21. The summed E-state index contributed by atoms with van der Waals surface area (Å²) in [6, 6.07) is 18.0. The highest BCUT2D eigenvalue weighted by Crippen LogP contribution is 2.28. The van der Waals surface area contributed by atoms with E-state index < -0.39 is 42.3 Å². The van der Waals surface area contributed by atoms with E-state index >= 15 is 0 Å². The van der Waals surface area contributed by atoms with E-state index in [1.165, 1.54) is 6.92 Å². The number of aromatic nitrogens is 1. The van der Waals surface area contributed by atoms with Crippen molar-refractivity contribution in [1.29, 1.82) is 0 Å². The maximum atomic E-state index is 12.5. The number of benzene rings is 2. The lowest BCUT2D eigenvalue weighted by Crippen LogP contribution is -2.46. The lowest BCUT2D eigenvalue weighted by molar-refractivity contribution is -0.180. The van der Waals surface area contributed by atoms with Crippen LogP contribution in [0.1, 0.15) is 26.7 Å². The molecule has 1 aromatic heterocycles. The van der Waals surface area contributed by atoms with E-state index in [2.05, 4.69) is 9.72 Å². The highest BCUT2D eigenvalue weighted by Gasteiger charge is 2.45. The average Bonchev–Trinajstić information content (AvgIpc) is 2.80. The number of carbonyl (C=O) groups excluding carboxylic acids is 3. The van der Waals surface area contributed by atoms with Crippen molar-refractivity contribution in [1.82, 2.24) is 4.98 Å². The third kappa shape index (κ3) is 7.79. The third-order valence-electron chi connectivity index (χ3n) is 4.47. The summed E-state index contributed by atoms with van der Waals surface area (Å²) in [6.45, 7) is 2.45. The van der Waals surface area contributed by atoms with E-state index in [1.807, 2.05) is 36.4 Å². The molecule has 0 amide bonds. The standard InChI is InChI=1S/C20H20O8.C5H5N/c1-3-26-20(19(24)25,11-17(22)27-13(2)21)12-18(23)28-16-10-6-8-14-7-4-5-9-15(14)16;1-2-4-6-5-3-1/h4-10H,3,11-12H2,1-2H3,(H,24,25);1-5H. The summed E-state index contributed by atoms with van der Waals surface area (Å²) in [4.78, 5) is 50.8. The van der Waals surface area contributed by atoms with E-state index in [0.717, 1.165) is 12.3 Å². The van der Waals surface area contributed by atoms with Gasteiger partial charge in [0.1, 0.15) is 5.75 Å². The molecule has 1 atom stereocenters. The van der Waals surface area contributed by atoms with Crippen molar-refractivity contribution in [3.63, 3.8) is 0 Å². The van der Waals surface area contributed by atoms with Gasteiger partial charge in [-0.1, -0.05) is 42.5 Å². The number of fused-ring (bicyclic) bond motifs is 1. The number of hydrogen-bond donors (Lipinski definition) is 1. The highest BCUT2D eigenvalue weighted by atomic mass is 16.6. The Labute approximate surface area is 196 Å². The SMILES string of the molecule is CCOC(CC(=O)OC(C)=O)(CC(=O)Oc1cccc2ccccc12)C(=O)O.c1ccncc1. The molecule has 0 fully saturated rings. The van der Waals surface area contributed by atoms with Crippen LogP contribution >= 0.6 is 0 Å². The average molecular weight is 467 g/mol. The van der Waals surface area contributed by atoms with Crippen LogP contribution in [0, 0.1) is 0 Å². The van der Waals surface area contributed by atoms with Gasteiger partial charge in [0.05, 0.1) is 12.8 Å². The second-order valence-corrected chi connectivity index (χ2v) is 7.03. The van der Waals surface area contributed by atoms with E-state index in [1.54, 1.807) is 36.7 Å². The van der Waals surface area contributed by atoms with Crippen molar-refractivity contribution in [3.05, 3.63) is 73.1 Å². The van der Waals surface area contributed by atoms with E-state index in [-0.39, 0.29) is 12.4 Å². The molecule has 1 unspecified atom stereocenters. The lowest BCUT2D eigenvalue weighted by atomic mass is 9.95. The van der Waals surface area contributed by atoms with E-state index in [0.29, 0.717) is 5.39 Å². The predicted molar refractivity (Wildman–Crippen MR) is 122 cm³/mol. The van der Waals surface area contributed by atoms with Gasteiger partial charge >= 0.3 is 23.9 Å². The first kappa shape index (κ1) is 26.1. The molecule has 9 nitrogen and oxygen atoms in total. The van der Waals surface area contributed by atoms with Crippen LogP contribution < -0.4 is 4.74 Å². The van der Waals surface area contributed by atoms with Crippen molar-refractivity contribution >= 4 is 34.6 Å². The molecule has 0 aliphatic rings. The molecule has 0 aliphatic carbocycles. The molecule has 34 heavy (non-hydrogen) atoms. The first-order valence-corrected chi connectivity index (χ1v) is 10.4. The van der Waals surface area contributed by atoms with Gasteiger partial charge in [-0.05, 0) is 30.5 Å². The third-order valence-corrected chi connectivity index (χ3v) is 4.47. The van der Waals surface area contributed by atoms with Gasteiger partial charge < -0.3 is 19.3 Å². The largest absolute Gasteiger partial charge is 0.479 e. The molecule has 2 aromatic carbocycles. The molecule has 3 aromatic rings. The van der Waals surface area contributed by atoms with Crippen molar-refractivity contribution < 1.29 is 38.5 Å². The van der Waals surface area contributed by atoms with Crippen LogP contribution in [0.15, 0.2) is 73.1 Å². The minimum Gasteiger partial charge on any atom is -0.479 e. The first-order valence-electron chi connectivity index (χ1n) is 10.4. The number of carbonyl (C=O) groups is 4. The zero-order valence-electron chi connectivity index (χ0n) is 18.8. The molecule has 0 saturated heterocycles. The minimum atomic E-state index is -2.21. The van der Waals surface area contributed by atoms with Gasteiger partial charge in [0, 0.05) is 31.3 Å². The number of aliphatic carboxylic acids is 1. The number of carboxylic acid groups (broad SMARTS) is 1. The zero-order chi connectivity index (χ0) is 25.0. The Morgan fingerprint density at radius 1 is 0.882 bits per heavy atom. The molecule has 0 bridgehead atoms. The Kier molecular flexibility index (Phi) is 9.85. The fourth-order valence-electron chi connectivity index (χ4n) is 3.07. The van der Waals surface area contributed by atoms with Crippen LogP contribution in [-0.2, 0) is 28.7 Å². The van der Waals surface area contributed by atoms with Gasteiger partial charge in [-0.3, -0.25) is 19.4 Å². The maximum absolute atomic E-state index is 12.5. The fraction of sp³-hybridized carbons (Fsp3) is 0.240. The Balaban J connectivity index is 0.000000589. The van der Waals surface area contributed by atoms with Crippen LogP contribution in [0.25, 0.3) is 10.8 Å². The smallest absolute Gasteiger partial charge is 0.337 e. The molecule has 1 heterocycles. The van der Waals surface area contributed by atoms with E-state index in [4.69, 9.17) is 9.47 Å². The van der Waals surface area contributed by atoms with Crippen LogP contribution in [0.3, 0.4) is 0 Å². The number of rotatable bonds is 8. The molecule has 9 heteroatoms. The summed E-state index contributed by atoms with van der Waals surface area (Å²) < 4.78 is 15.0. The Morgan fingerprint density at radius 3 is 2.09 bits per heavy atom. The molecule has 178 valence electrons. The summed E-state index contributed by atoms with van der Waals surface area (Å²) >= 11 is 0. The molecule has 0 saturated carbocycles. The quantitative estimate of drug-likeness (QED) is 0.300. The van der Waals surface area contributed by atoms with Crippen LogP contribution in [0.5, 0.6) is 5.75 Å². The van der Waals surface area contributed by atoms with Gasteiger partial charge in [0.2, 0.25) is 0 Å². The molecule has 0 aliphatic heterocycles. The molecular weight excluding hydrogens is 442 g/mol. The minimum absolute atomic E-state index is 0.0821. The van der Waals surface area contributed by atoms with Crippen LogP contribution in [-0.4, -0.2) is 46.2 Å². The lowest BCUT2D eigenvalue weighted by Gasteiger charge is -2.27. The van der Waals surface area contributed by atoms with Gasteiger partial charge in [-0.15, -0.1) is 0 Å². The van der Waals surface area contributed by atoms with Crippen molar-refractivity contribution in [2.45, 2.75) is 32.3 Å². The second kappa shape index (κ2) is 12.8. The van der Waals surface area contributed by atoms with Crippen LogP contribution in [0.4, 0.5) is 0 Å². The van der Waals surface area contributed by atoms with Crippen molar-refractivity contribution in [3.8, 4) is 5.75 Å². The summed E-state index contributed by atoms with van der Waals surface area (Å²) in [7, 11) is 0. The predicted octanol–water partition coefficient (Wildman–Crippen LogP) is 3.56. The Hall–Kier alpha value is -4.11. The zero-order valence-corrected chi connectivity index (χ0v) is 18.8. The number of nitrogens with zero attached hydrogens (tertiary/aromatic N) is 1. The number of pyridine rings is 1. The highest BCUT2D eigenvalue weighted by molar-refractivity contribution is 5.94. The summed E-state index contributed by atoms with van der Waals surface area (Å²) in [5.74, 6) is -4.18. The van der Waals surface area contributed by atoms with Gasteiger partial charge in [0.25, 0.3) is 0 Å². The molecular formula is C25H25NO8. The molecule has 1 N–H and O–H groups in total. The Bertz CT molecular complexity index is 1100. The molecule has 0 spiro atoms.